The molecular formula is C21H19Cl2FN4OS. The van der Waals surface area contributed by atoms with E-state index in [4.69, 9.17) is 23.2 Å². The number of hydrogen-bond acceptors (Lipinski definition) is 4. The van der Waals surface area contributed by atoms with Gasteiger partial charge in [-0.15, -0.1) is 10.2 Å². The SMILES string of the molecule is CN(Cc1ccc(Cl)c(Cl)c1)C(=O)CSc1nnc(-c2ccccc2F)n1C1CC1. The Morgan fingerprint density at radius 1 is 1.20 bits per heavy atom. The zero-order chi connectivity index (χ0) is 21.3. The van der Waals surface area contributed by atoms with E-state index in [0.29, 0.717) is 33.1 Å². The Labute approximate surface area is 188 Å². The summed E-state index contributed by atoms with van der Waals surface area (Å²) in [5, 5.41) is 10.0. The summed E-state index contributed by atoms with van der Waals surface area (Å²) in [5.74, 6) is 0.333. The van der Waals surface area contributed by atoms with E-state index in [1.165, 1.54) is 17.8 Å². The van der Waals surface area contributed by atoms with E-state index in [0.717, 1.165) is 18.4 Å². The molecule has 30 heavy (non-hydrogen) atoms. The molecule has 5 nitrogen and oxygen atoms in total. The second-order valence-electron chi connectivity index (χ2n) is 7.17. The van der Waals surface area contributed by atoms with Crippen LogP contribution in [0.2, 0.25) is 10.0 Å². The second kappa shape index (κ2) is 8.96. The number of aromatic nitrogens is 3. The summed E-state index contributed by atoms with van der Waals surface area (Å²) in [6.07, 6.45) is 2.00. The van der Waals surface area contributed by atoms with E-state index >= 15 is 0 Å². The Bertz CT molecular complexity index is 1090. The van der Waals surface area contributed by atoms with Crippen LogP contribution in [0.4, 0.5) is 4.39 Å². The number of nitrogens with zero attached hydrogens (tertiary/aromatic N) is 4. The molecule has 0 radical (unpaired) electrons. The topological polar surface area (TPSA) is 51.0 Å². The molecule has 0 atom stereocenters. The minimum absolute atomic E-state index is 0.0520. The van der Waals surface area contributed by atoms with Gasteiger partial charge in [-0.25, -0.2) is 4.39 Å². The van der Waals surface area contributed by atoms with Gasteiger partial charge in [0.15, 0.2) is 11.0 Å². The molecule has 0 spiro atoms. The largest absolute Gasteiger partial charge is 0.341 e. The molecule has 0 unspecified atom stereocenters. The van der Waals surface area contributed by atoms with Crippen LogP contribution in [0.1, 0.15) is 24.4 Å². The van der Waals surface area contributed by atoms with Crippen LogP contribution in [0, 0.1) is 5.82 Å². The van der Waals surface area contributed by atoms with E-state index < -0.39 is 0 Å². The Balaban J connectivity index is 1.45. The van der Waals surface area contributed by atoms with Crippen LogP contribution in [0.15, 0.2) is 47.6 Å². The number of benzene rings is 2. The Morgan fingerprint density at radius 3 is 2.67 bits per heavy atom. The third-order valence-corrected chi connectivity index (χ3v) is 6.51. The lowest BCUT2D eigenvalue weighted by Crippen LogP contribution is -2.27. The van der Waals surface area contributed by atoms with Gasteiger partial charge >= 0.3 is 0 Å². The first-order valence-electron chi connectivity index (χ1n) is 9.44. The molecule has 1 aliphatic rings. The monoisotopic (exact) mass is 464 g/mol. The van der Waals surface area contributed by atoms with Crippen LogP contribution >= 0.6 is 35.0 Å². The maximum atomic E-state index is 14.3. The van der Waals surface area contributed by atoms with Crippen LogP contribution < -0.4 is 0 Å². The van der Waals surface area contributed by atoms with Gasteiger partial charge in [0.25, 0.3) is 0 Å². The zero-order valence-electron chi connectivity index (χ0n) is 16.2. The molecular weight excluding hydrogens is 446 g/mol. The van der Waals surface area contributed by atoms with Gasteiger partial charge in [0.2, 0.25) is 5.91 Å². The molecule has 3 aromatic rings. The summed E-state index contributed by atoms with van der Waals surface area (Å²) in [4.78, 5) is 14.3. The van der Waals surface area contributed by atoms with Crippen LogP contribution in [0.3, 0.4) is 0 Å². The fourth-order valence-electron chi connectivity index (χ4n) is 3.10. The Kier molecular flexibility index (Phi) is 6.32. The summed E-state index contributed by atoms with van der Waals surface area (Å²) >= 11 is 13.3. The van der Waals surface area contributed by atoms with E-state index in [9.17, 15) is 9.18 Å². The fraction of sp³-hybridized carbons (Fsp3) is 0.286. The number of thioether (sulfide) groups is 1. The highest BCUT2D eigenvalue weighted by atomic mass is 35.5. The second-order valence-corrected chi connectivity index (χ2v) is 8.93. The van der Waals surface area contributed by atoms with Crippen molar-refractivity contribution in [3.8, 4) is 11.4 Å². The van der Waals surface area contributed by atoms with Gasteiger partial charge in [-0.3, -0.25) is 9.36 Å². The summed E-state index contributed by atoms with van der Waals surface area (Å²) in [7, 11) is 1.74. The Morgan fingerprint density at radius 2 is 1.97 bits per heavy atom. The standard InChI is InChI=1S/C21H19Cl2FN4OS/c1-27(11-13-6-9-16(22)17(23)10-13)19(29)12-30-21-26-25-20(28(21)14-7-8-14)15-4-2-3-5-18(15)24/h2-6,9-10,14H,7-8,11-12H2,1H3. The van der Waals surface area contributed by atoms with Crippen molar-refractivity contribution in [2.24, 2.45) is 0 Å². The van der Waals surface area contributed by atoms with Crippen molar-refractivity contribution in [3.05, 3.63) is 63.9 Å². The third kappa shape index (κ3) is 4.63. The number of amides is 1. The molecule has 0 bridgehead atoms. The smallest absolute Gasteiger partial charge is 0.233 e. The molecule has 4 rings (SSSR count). The lowest BCUT2D eigenvalue weighted by molar-refractivity contribution is -0.127. The normalized spacial score (nSPS) is 13.5. The quantitative estimate of drug-likeness (QED) is 0.434. The van der Waals surface area contributed by atoms with Gasteiger partial charge in [-0.05, 0) is 42.7 Å². The van der Waals surface area contributed by atoms with Crippen LogP contribution in [0.25, 0.3) is 11.4 Å². The molecule has 0 saturated heterocycles. The first-order chi connectivity index (χ1) is 14.4. The van der Waals surface area contributed by atoms with Crippen molar-refractivity contribution in [2.75, 3.05) is 12.8 Å². The van der Waals surface area contributed by atoms with Crippen molar-refractivity contribution in [1.29, 1.82) is 0 Å². The van der Waals surface area contributed by atoms with E-state index in [1.54, 1.807) is 42.3 Å². The van der Waals surface area contributed by atoms with Crippen molar-refractivity contribution in [2.45, 2.75) is 30.6 Å². The molecule has 0 N–H and O–H groups in total. The van der Waals surface area contributed by atoms with Gasteiger partial charge in [0.05, 0.1) is 21.4 Å². The highest BCUT2D eigenvalue weighted by Gasteiger charge is 2.31. The average Bonchev–Trinajstić information content (AvgIpc) is 3.48. The van der Waals surface area contributed by atoms with Gasteiger partial charge < -0.3 is 4.90 Å². The first-order valence-corrected chi connectivity index (χ1v) is 11.2. The van der Waals surface area contributed by atoms with Crippen molar-refractivity contribution < 1.29 is 9.18 Å². The van der Waals surface area contributed by atoms with E-state index in [1.807, 2.05) is 10.6 Å². The zero-order valence-corrected chi connectivity index (χ0v) is 18.5. The molecule has 0 aliphatic heterocycles. The highest BCUT2D eigenvalue weighted by molar-refractivity contribution is 7.99. The molecule has 1 amide bonds. The molecule has 1 heterocycles. The molecule has 9 heteroatoms. The summed E-state index contributed by atoms with van der Waals surface area (Å²) in [6.45, 7) is 0.423. The molecule has 156 valence electrons. The predicted molar refractivity (Wildman–Crippen MR) is 117 cm³/mol. The van der Waals surface area contributed by atoms with Crippen molar-refractivity contribution in [3.63, 3.8) is 0 Å². The lowest BCUT2D eigenvalue weighted by atomic mass is 10.2. The number of carbonyl (C=O) groups is 1. The van der Waals surface area contributed by atoms with Crippen LogP contribution in [-0.2, 0) is 11.3 Å². The van der Waals surface area contributed by atoms with E-state index in [-0.39, 0.29) is 23.5 Å². The van der Waals surface area contributed by atoms with Crippen molar-refractivity contribution in [1.82, 2.24) is 19.7 Å². The van der Waals surface area contributed by atoms with Crippen LogP contribution in [-0.4, -0.2) is 38.4 Å². The summed E-state index contributed by atoms with van der Waals surface area (Å²) < 4.78 is 16.2. The van der Waals surface area contributed by atoms with E-state index in [2.05, 4.69) is 10.2 Å². The first kappa shape index (κ1) is 21.2. The molecule has 1 aliphatic carbocycles. The third-order valence-electron chi connectivity index (χ3n) is 4.85. The maximum Gasteiger partial charge on any atom is 0.233 e. The fourth-order valence-corrected chi connectivity index (χ4v) is 4.37. The van der Waals surface area contributed by atoms with Crippen molar-refractivity contribution >= 4 is 40.9 Å². The number of halogens is 3. The van der Waals surface area contributed by atoms with Gasteiger partial charge in [-0.1, -0.05) is 53.2 Å². The average molecular weight is 465 g/mol. The summed E-state index contributed by atoms with van der Waals surface area (Å²) in [5.41, 5.74) is 1.32. The number of hydrogen-bond donors (Lipinski definition) is 0. The predicted octanol–water partition coefficient (Wildman–Crippen LogP) is 5.48. The number of carbonyl (C=O) groups excluding carboxylic acids is 1. The van der Waals surface area contributed by atoms with Gasteiger partial charge in [-0.2, -0.15) is 0 Å². The highest BCUT2D eigenvalue weighted by Crippen LogP contribution is 2.41. The van der Waals surface area contributed by atoms with Gasteiger partial charge in [0.1, 0.15) is 5.82 Å². The summed E-state index contributed by atoms with van der Waals surface area (Å²) in [6, 6.07) is 12.1. The minimum atomic E-state index is -0.333. The van der Waals surface area contributed by atoms with Gasteiger partial charge in [0, 0.05) is 19.6 Å². The molecule has 1 fully saturated rings. The number of rotatable bonds is 7. The lowest BCUT2D eigenvalue weighted by Gasteiger charge is -2.17. The molecule has 2 aromatic carbocycles. The maximum absolute atomic E-state index is 14.3. The van der Waals surface area contributed by atoms with Crippen LogP contribution in [0.5, 0.6) is 0 Å². The molecule has 1 saturated carbocycles. The Hall–Kier alpha value is -2.09. The molecule has 1 aromatic heterocycles. The minimum Gasteiger partial charge on any atom is -0.341 e.